The minimum Gasteiger partial charge on any atom is -0.486 e. The Morgan fingerprint density at radius 3 is 2.65 bits per heavy atom. The second-order valence-corrected chi connectivity index (χ2v) is 6.43. The summed E-state index contributed by atoms with van der Waals surface area (Å²) < 4.78 is 6.77. The van der Waals surface area contributed by atoms with Crippen LogP contribution in [0.1, 0.15) is 4.88 Å². The van der Waals surface area contributed by atoms with Crippen LogP contribution in [-0.4, -0.2) is 4.98 Å². The zero-order chi connectivity index (χ0) is 12.4. The van der Waals surface area contributed by atoms with Crippen molar-refractivity contribution < 1.29 is 4.74 Å². The molecule has 90 valence electrons. The summed E-state index contributed by atoms with van der Waals surface area (Å²) in [7, 11) is 0. The van der Waals surface area contributed by atoms with Crippen LogP contribution in [0.5, 0.6) is 5.75 Å². The van der Waals surface area contributed by atoms with Gasteiger partial charge in [-0.3, -0.25) is 0 Å². The number of thiazole rings is 1. The van der Waals surface area contributed by atoms with Crippen LogP contribution in [0.25, 0.3) is 0 Å². The molecule has 0 saturated carbocycles. The third-order valence-electron chi connectivity index (χ3n) is 1.87. The quantitative estimate of drug-likeness (QED) is 0.668. The lowest BCUT2D eigenvalue weighted by atomic mass is 10.3. The summed E-state index contributed by atoms with van der Waals surface area (Å²) in [5.41, 5.74) is 0. The minimum atomic E-state index is 0.363. The molecular formula is C10H5BrCl3NOS. The summed E-state index contributed by atoms with van der Waals surface area (Å²) in [4.78, 5) is 4.84. The van der Waals surface area contributed by atoms with E-state index in [-0.39, 0.29) is 0 Å². The lowest BCUT2D eigenvalue weighted by Gasteiger charge is -2.07. The molecule has 0 radical (unpaired) electrons. The number of hydrogen-bond donors (Lipinski definition) is 0. The van der Waals surface area contributed by atoms with Crippen molar-refractivity contribution in [1.29, 1.82) is 0 Å². The van der Waals surface area contributed by atoms with Crippen molar-refractivity contribution in [2.45, 2.75) is 6.61 Å². The topological polar surface area (TPSA) is 22.1 Å². The maximum Gasteiger partial charge on any atom is 0.183 e. The molecule has 2 rings (SSSR count). The van der Waals surface area contributed by atoms with E-state index in [1.54, 1.807) is 18.3 Å². The molecule has 0 fully saturated rings. The maximum atomic E-state index is 6.02. The number of nitrogens with zero attached hydrogens (tertiary/aromatic N) is 1. The molecule has 0 aliphatic carbocycles. The molecule has 0 aliphatic rings. The van der Waals surface area contributed by atoms with Gasteiger partial charge in [0.25, 0.3) is 0 Å². The average Bonchev–Trinajstić information content (AvgIpc) is 2.68. The molecule has 7 heteroatoms. The smallest absolute Gasteiger partial charge is 0.183 e. The first kappa shape index (κ1) is 13.4. The first-order chi connectivity index (χ1) is 8.06. The normalized spacial score (nSPS) is 10.6. The highest BCUT2D eigenvalue weighted by atomic mass is 79.9. The second kappa shape index (κ2) is 5.76. The van der Waals surface area contributed by atoms with E-state index >= 15 is 0 Å². The Hall–Kier alpha value is -0.000000000000000139. The molecule has 17 heavy (non-hydrogen) atoms. The van der Waals surface area contributed by atoms with Gasteiger partial charge in [-0.2, -0.15) is 0 Å². The predicted molar refractivity (Wildman–Crippen MR) is 75.6 cm³/mol. The van der Waals surface area contributed by atoms with E-state index in [0.29, 0.717) is 26.9 Å². The standard InChI is InChI=1S/C10H5BrCl3NOS/c11-6-1-8(13)9(2-7(6)12)16-4-5-3-15-10(14)17-5/h1-3H,4H2. The van der Waals surface area contributed by atoms with Gasteiger partial charge in [0.15, 0.2) is 4.47 Å². The van der Waals surface area contributed by atoms with Crippen molar-refractivity contribution in [3.8, 4) is 5.75 Å². The number of benzene rings is 1. The molecule has 0 atom stereocenters. The van der Waals surface area contributed by atoms with Crippen LogP contribution < -0.4 is 4.74 Å². The second-order valence-electron chi connectivity index (χ2n) is 3.06. The van der Waals surface area contributed by atoms with Crippen molar-refractivity contribution >= 4 is 62.1 Å². The molecule has 0 unspecified atom stereocenters. The average molecular weight is 373 g/mol. The van der Waals surface area contributed by atoms with Gasteiger partial charge >= 0.3 is 0 Å². The van der Waals surface area contributed by atoms with E-state index in [1.807, 2.05) is 0 Å². The van der Waals surface area contributed by atoms with Gasteiger partial charge in [0.2, 0.25) is 0 Å². The molecule has 0 saturated heterocycles. The first-order valence-corrected chi connectivity index (χ1v) is 7.18. The highest BCUT2D eigenvalue weighted by Gasteiger charge is 2.08. The van der Waals surface area contributed by atoms with Crippen LogP contribution in [0.2, 0.25) is 14.5 Å². The van der Waals surface area contributed by atoms with E-state index in [1.165, 1.54) is 11.3 Å². The third-order valence-corrected chi connectivity index (χ3v) is 4.45. The van der Waals surface area contributed by atoms with Gasteiger partial charge in [-0.15, -0.1) is 11.3 Å². The summed E-state index contributed by atoms with van der Waals surface area (Å²) in [6.45, 7) is 0.363. The van der Waals surface area contributed by atoms with Crippen LogP contribution in [0.15, 0.2) is 22.8 Å². The zero-order valence-corrected chi connectivity index (χ0v) is 12.9. The van der Waals surface area contributed by atoms with Crippen molar-refractivity contribution in [1.82, 2.24) is 4.98 Å². The molecule has 0 amide bonds. The van der Waals surface area contributed by atoms with E-state index in [2.05, 4.69) is 20.9 Å². The first-order valence-electron chi connectivity index (χ1n) is 4.44. The van der Waals surface area contributed by atoms with E-state index < -0.39 is 0 Å². The maximum absolute atomic E-state index is 6.02. The van der Waals surface area contributed by atoms with Gasteiger partial charge in [-0.1, -0.05) is 34.8 Å². The van der Waals surface area contributed by atoms with Gasteiger partial charge < -0.3 is 4.74 Å². The Kier molecular flexibility index (Phi) is 4.55. The fraction of sp³-hybridized carbons (Fsp3) is 0.100. The zero-order valence-electron chi connectivity index (χ0n) is 8.21. The van der Waals surface area contributed by atoms with Gasteiger partial charge in [-0.05, 0) is 22.0 Å². The monoisotopic (exact) mass is 371 g/mol. The van der Waals surface area contributed by atoms with Gasteiger partial charge in [0.05, 0.1) is 14.9 Å². The largest absolute Gasteiger partial charge is 0.486 e. The molecule has 0 bridgehead atoms. The van der Waals surface area contributed by atoms with E-state index in [9.17, 15) is 0 Å². The van der Waals surface area contributed by atoms with Gasteiger partial charge in [0.1, 0.15) is 12.4 Å². The molecule has 2 aromatic rings. The number of aromatic nitrogens is 1. The highest BCUT2D eigenvalue weighted by molar-refractivity contribution is 9.10. The summed E-state index contributed by atoms with van der Waals surface area (Å²) in [6.07, 6.45) is 1.67. The Morgan fingerprint density at radius 1 is 1.24 bits per heavy atom. The van der Waals surface area contributed by atoms with Crippen LogP contribution in [-0.2, 0) is 6.61 Å². The summed E-state index contributed by atoms with van der Waals surface area (Å²) in [5, 5.41) is 1.05. The van der Waals surface area contributed by atoms with E-state index in [4.69, 9.17) is 39.5 Å². The summed E-state index contributed by atoms with van der Waals surface area (Å²) in [6, 6.07) is 3.36. The molecule has 2 nitrogen and oxygen atoms in total. The Bertz CT molecular complexity index is 546. The Labute approximate surface area is 126 Å². The SMILES string of the molecule is Clc1ncc(COc2cc(Cl)c(Br)cc2Cl)s1. The Balaban J connectivity index is 2.11. The lowest BCUT2D eigenvalue weighted by Crippen LogP contribution is -1.93. The number of halogens is 4. The van der Waals surface area contributed by atoms with Gasteiger partial charge in [0, 0.05) is 16.7 Å². The Morgan fingerprint density at radius 2 is 2.00 bits per heavy atom. The van der Waals surface area contributed by atoms with Crippen LogP contribution in [0.4, 0.5) is 0 Å². The van der Waals surface area contributed by atoms with E-state index in [0.717, 1.165) is 9.35 Å². The van der Waals surface area contributed by atoms with Crippen molar-refractivity contribution in [3.63, 3.8) is 0 Å². The van der Waals surface area contributed by atoms with Crippen LogP contribution in [0.3, 0.4) is 0 Å². The molecule has 0 spiro atoms. The van der Waals surface area contributed by atoms with Crippen molar-refractivity contribution in [3.05, 3.63) is 42.2 Å². The van der Waals surface area contributed by atoms with Crippen LogP contribution in [0, 0.1) is 0 Å². The number of rotatable bonds is 3. The molecular weight excluding hydrogens is 368 g/mol. The summed E-state index contributed by atoms with van der Waals surface area (Å²) in [5.74, 6) is 0.532. The molecule has 0 aliphatic heterocycles. The number of hydrogen-bond acceptors (Lipinski definition) is 3. The molecule has 1 aromatic carbocycles. The predicted octanol–water partition coefficient (Wildman–Crippen LogP) is 5.44. The van der Waals surface area contributed by atoms with Crippen molar-refractivity contribution in [2.24, 2.45) is 0 Å². The van der Waals surface area contributed by atoms with Crippen LogP contribution >= 0.6 is 62.1 Å². The van der Waals surface area contributed by atoms with Gasteiger partial charge in [-0.25, -0.2) is 4.98 Å². The summed E-state index contributed by atoms with van der Waals surface area (Å²) >= 11 is 22.3. The highest BCUT2D eigenvalue weighted by Crippen LogP contribution is 2.34. The molecule has 0 N–H and O–H groups in total. The number of ether oxygens (including phenoxy) is 1. The molecule has 1 aromatic heterocycles. The third kappa shape index (κ3) is 3.48. The molecule has 1 heterocycles. The lowest BCUT2D eigenvalue weighted by molar-refractivity contribution is 0.309. The fourth-order valence-electron chi connectivity index (χ4n) is 1.11. The van der Waals surface area contributed by atoms with Crippen molar-refractivity contribution in [2.75, 3.05) is 0 Å². The fourth-order valence-corrected chi connectivity index (χ4v) is 2.85. The minimum absolute atomic E-state index is 0.363.